The van der Waals surface area contributed by atoms with Crippen molar-refractivity contribution in [3.63, 3.8) is 0 Å². The molecule has 0 aromatic heterocycles. The molecule has 0 aliphatic carbocycles. The van der Waals surface area contributed by atoms with Crippen molar-refractivity contribution >= 4 is 17.7 Å². The molecule has 1 aromatic carbocycles. The number of halogens is 1. The Labute approximate surface area is 92.1 Å². The van der Waals surface area contributed by atoms with Gasteiger partial charge in [-0.3, -0.25) is 0 Å². The number of cyclic esters (lactones) is 1. The van der Waals surface area contributed by atoms with E-state index in [2.05, 4.69) is 5.32 Å². The molecule has 1 N–H and O–H groups in total. The zero-order valence-electron chi connectivity index (χ0n) is 7.90. The van der Waals surface area contributed by atoms with Gasteiger partial charge in [-0.25, -0.2) is 4.79 Å². The summed E-state index contributed by atoms with van der Waals surface area (Å²) in [6.07, 6.45) is -0.642. The first kappa shape index (κ1) is 10.1. The molecule has 0 bridgehead atoms. The molecule has 1 aliphatic heterocycles. The second kappa shape index (κ2) is 4.40. The first-order valence-corrected chi connectivity index (χ1v) is 4.95. The summed E-state index contributed by atoms with van der Waals surface area (Å²) in [4.78, 5) is 10.7. The Morgan fingerprint density at radius 1 is 1.53 bits per heavy atom. The molecule has 80 valence electrons. The summed E-state index contributed by atoms with van der Waals surface area (Å²) in [5.74, 6) is 0.599. The summed E-state index contributed by atoms with van der Waals surface area (Å²) in [5.41, 5.74) is 0. The lowest BCUT2D eigenvalue weighted by molar-refractivity contribution is 0.105. The van der Waals surface area contributed by atoms with E-state index in [-0.39, 0.29) is 6.10 Å². The Bertz CT molecular complexity index is 369. The maximum absolute atomic E-state index is 10.7. The van der Waals surface area contributed by atoms with Crippen LogP contribution >= 0.6 is 11.6 Å². The molecule has 1 aromatic rings. The predicted octanol–water partition coefficient (Wildman–Crippen LogP) is 1.83. The third-order valence-corrected chi connectivity index (χ3v) is 2.32. The summed E-state index contributed by atoms with van der Waals surface area (Å²) in [7, 11) is 0. The fourth-order valence-electron chi connectivity index (χ4n) is 1.27. The normalized spacial score (nSPS) is 19.5. The number of para-hydroxylation sites is 1. The van der Waals surface area contributed by atoms with Crippen molar-refractivity contribution in [2.45, 2.75) is 6.10 Å². The van der Waals surface area contributed by atoms with Crippen molar-refractivity contribution in [3.05, 3.63) is 29.3 Å². The highest BCUT2D eigenvalue weighted by atomic mass is 35.5. The van der Waals surface area contributed by atoms with E-state index >= 15 is 0 Å². The number of alkyl carbamates (subject to hydrolysis) is 1. The number of carbonyl (C=O) groups excluding carboxylic acids is 1. The fourth-order valence-corrected chi connectivity index (χ4v) is 1.46. The molecule has 15 heavy (non-hydrogen) atoms. The summed E-state index contributed by atoms with van der Waals surface area (Å²) >= 11 is 5.89. The Balaban J connectivity index is 1.88. The molecular formula is C10H10ClNO3. The zero-order valence-corrected chi connectivity index (χ0v) is 8.66. The Morgan fingerprint density at radius 2 is 2.33 bits per heavy atom. The third kappa shape index (κ3) is 2.53. The molecule has 1 heterocycles. The summed E-state index contributed by atoms with van der Waals surface area (Å²) in [5, 5.41) is 3.10. The second-order valence-corrected chi connectivity index (χ2v) is 3.56. The van der Waals surface area contributed by atoms with Gasteiger partial charge in [-0.2, -0.15) is 0 Å². The Kier molecular flexibility index (Phi) is 2.97. The minimum absolute atomic E-state index is 0.242. The molecule has 1 aliphatic rings. The highest BCUT2D eigenvalue weighted by molar-refractivity contribution is 6.32. The molecule has 0 spiro atoms. The van der Waals surface area contributed by atoms with Gasteiger partial charge < -0.3 is 14.8 Å². The van der Waals surface area contributed by atoms with Gasteiger partial charge in [0.15, 0.2) is 6.10 Å². The number of carbonyl (C=O) groups is 1. The molecule has 2 rings (SSSR count). The number of hydrogen-bond acceptors (Lipinski definition) is 3. The standard InChI is InChI=1S/C10H10ClNO3/c11-8-3-1-2-4-9(8)14-6-7-5-12-10(13)15-7/h1-4,7H,5-6H2,(H,12,13). The van der Waals surface area contributed by atoms with Gasteiger partial charge in [-0.05, 0) is 12.1 Å². The Hall–Kier alpha value is -1.42. The van der Waals surface area contributed by atoms with E-state index < -0.39 is 6.09 Å². The average molecular weight is 228 g/mol. The van der Waals surface area contributed by atoms with E-state index in [0.717, 1.165) is 0 Å². The predicted molar refractivity (Wildman–Crippen MR) is 55.2 cm³/mol. The molecule has 1 saturated heterocycles. The molecule has 0 radical (unpaired) electrons. The molecule has 0 saturated carbocycles. The minimum Gasteiger partial charge on any atom is -0.488 e. The van der Waals surface area contributed by atoms with Crippen molar-refractivity contribution in [1.29, 1.82) is 0 Å². The van der Waals surface area contributed by atoms with Crippen LogP contribution in [0.2, 0.25) is 5.02 Å². The van der Waals surface area contributed by atoms with Crippen LogP contribution in [-0.4, -0.2) is 25.3 Å². The van der Waals surface area contributed by atoms with Gasteiger partial charge in [-0.1, -0.05) is 23.7 Å². The average Bonchev–Trinajstić information content (AvgIpc) is 2.63. The summed E-state index contributed by atoms with van der Waals surface area (Å²) < 4.78 is 10.3. The van der Waals surface area contributed by atoms with Gasteiger partial charge in [0.2, 0.25) is 0 Å². The van der Waals surface area contributed by atoms with Crippen molar-refractivity contribution in [1.82, 2.24) is 5.32 Å². The monoisotopic (exact) mass is 227 g/mol. The zero-order chi connectivity index (χ0) is 10.7. The van der Waals surface area contributed by atoms with Crippen LogP contribution in [0.1, 0.15) is 0 Å². The van der Waals surface area contributed by atoms with Crippen molar-refractivity contribution < 1.29 is 14.3 Å². The first-order chi connectivity index (χ1) is 7.25. The van der Waals surface area contributed by atoms with Crippen LogP contribution in [0, 0.1) is 0 Å². The van der Waals surface area contributed by atoms with E-state index in [1.807, 2.05) is 12.1 Å². The van der Waals surface area contributed by atoms with Crippen LogP contribution in [0.15, 0.2) is 24.3 Å². The van der Waals surface area contributed by atoms with Crippen LogP contribution in [0.4, 0.5) is 4.79 Å². The molecule has 1 fully saturated rings. The smallest absolute Gasteiger partial charge is 0.407 e. The molecule has 1 amide bonds. The molecule has 5 heteroatoms. The van der Waals surface area contributed by atoms with E-state index in [0.29, 0.717) is 23.9 Å². The van der Waals surface area contributed by atoms with Crippen molar-refractivity contribution in [2.75, 3.05) is 13.2 Å². The SMILES string of the molecule is O=C1NCC(COc2ccccc2Cl)O1. The first-order valence-electron chi connectivity index (χ1n) is 4.57. The van der Waals surface area contributed by atoms with Crippen LogP contribution in [-0.2, 0) is 4.74 Å². The highest BCUT2D eigenvalue weighted by Gasteiger charge is 2.23. The van der Waals surface area contributed by atoms with Crippen molar-refractivity contribution in [3.8, 4) is 5.75 Å². The van der Waals surface area contributed by atoms with Gasteiger partial charge in [0.05, 0.1) is 11.6 Å². The van der Waals surface area contributed by atoms with Crippen LogP contribution in [0.25, 0.3) is 0 Å². The number of hydrogen-bond donors (Lipinski definition) is 1. The van der Waals surface area contributed by atoms with E-state index in [1.165, 1.54) is 0 Å². The molecule has 1 unspecified atom stereocenters. The van der Waals surface area contributed by atoms with Crippen molar-refractivity contribution in [2.24, 2.45) is 0 Å². The number of ether oxygens (including phenoxy) is 2. The van der Waals surface area contributed by atoms with Gasteiger partial charge in [0, 0.05) is 0 Å². The Morgan fingerprint density at radius 3 is 3.00 bits per heavy atom. The maximum atomic E-state index is 10.7. The fraction of sp³-hybridized carbons (Fsp3) is 0.300. The van der Waals surface area contributed by atoms with E-state index in [4.69, 9.17) is 21.1 Å². The topological polar surface area (TPSA) is 47.6 Å². The van der Waals surface area contributed by atoms with Crippen LogP contribution in [0.5, 0.6) is 5.75 Å². The van der Waals surface area contributed by atoms with Gasteiger partial charge >= 0.3 is 6.09 Å². The number of nitrogens with one attached hydrogen (secondary N) is 1. The number of rotatable bonds is 3. The summed E-state index contributed by atoms with van der Waals surface area (Å²) in [6.45, 7) is 0.783. The van der Waals surface area contributed by atoms with Gasteiger partial charge in [-0.15, -0.1) is 0 Å². The summed E-state index contributed by atoms with van der Waals surface area (Å²) in [6, 6.07) is 7.18. The minimum atomic E-state index is -0.400. The van der Waals surface area contributed by atoms with E-state index in [1.54, 1.807) is 12.1 Å². The lowest BCUT2D eigenvalue weighted by Crippen LogP contribution is -2.22. The van der Waals surface area contributed by atoms with Gasteiger partial charge in [0.25, 0.3) is 0 Å². The number of benzene rings is 1. The number of amides is 1. The maximum Gasteiger partial charge on any atom is 0.407 e. The second-order valence-electron chi connectivity index (χ2n) is 3.15. The third-order valence-electron chi connectivity index (χ3n) is 2.01. The van der Waals surface area contributed by atoms with Crippen LogP contribution in [0.3, 0.4) is 0 Å². The lowest BCUT2D eigenvalue weighted by Gasteiger charge is -2.10. The lowest BCUT2D eigenvalue weighted by atomic mass is 10.3. The molecular weight excluding hydrogens is 218 g/mol. The highest BCUT2D eigenvalue weighted by Crippen LogP contribution is 2.23. The van der Waals surface area contributed by atoms with Crippen LogP contribution < -0.4 is 10.1 Å². The molecule has 4 nitrogen and oxygen atoms in total. The van der Waals surface area contributed by atoms with E-state index in [9.17, 15) is 4.79 Å². The van der Waals surface area contributed by atoms with Gasteiger partial charge in [0.1, 0.15) is 12.4 Å². The quantitative estimate of drug-likeness (QED) is 0.857. The molecule has 1 atom stereocenters. The largest absolute Gasteiger partial charge is 0.488 e.